The van der Waals surface area contributed by atoms with Crippen LogP contribution in [0.3, 0.4) is 0 Å². The minimum Gasteiger partial charge on any atom is -0.486 e. The van der Waals surface area contributed by atoms with Gasteiger partial charge in [0.1, 0.15) is 18.9 Å². The van der Waals surface area contributed by atoms with Crippen LogP contribution >= 0.6 is 0 Å². The largest absolute Gasteiger partial charge is 0.486 e. The second kappa shape index (κ2) is 14.3. The van der Waals surface area contributed by atoms with Crippen LogP contribution in [-0.2, 0) is 9.53 Å². The van der Waals surface area contributed by atoms with Crippen molar-refractivity contribution in [1.29, 1.82) is 0 Å². The Hall–Kier alpha value is -4.40. The van der Waals surface area contributed by atoms with Crippen molar-refractivity contribution in [3.63, 3.8) is 0 Å². The second-order valence-corrected chi connectivity index (χ2v) is 9.32. The van der Waals surface area contributed by atoms with E-state index < -0.39 is 5.91 Å². The maximum absolute atomic E-state index is 11.7. The number of aliphatic imine (C=N–C) groups is 3. The fourth-order valence-corrected chi connectivity index (χ4v) is 4.24. The molecule has 0 unspecified atom stereocenters. The number of amides is 1. The molecule has 14 heteroatoms. The molecule has 1 amide bonds. The van der Waals surface area contributed by atoms with E-state index in [1.54, 1.807) is 5.48 Å². The lowest BCUT2D eigenvalue weighted by Crippen LogP contribution is -2.37. The molecule has 218 valence electrons. The summed E-state index contributed by atoms with van der Waals surface area (Å²) in [6, 6.07) is 5.69. The molecule has 3 heterocycles. The molecular weight excluding hydrogens is 530 g/mol. The van der Waals surface area contributed by atoms with Crippen LogP contribution in [0.25, 0.3) is 11.4 Å². The van der Waals surface area contributed by atoms with E-state index >= 15 is 0 Å². The van der Waals surface area contributed by atoms with Gasteiger partial charge in [-0.15, -0.1) is 0 Å². The topological polar surface area (TPSA) is 150 Å². The molecule has 1 aromatic carbocycles. The summed E-state index contributed by atoms with van der Waals surface area (Å²) in [5.41, 5.74) is 3.03. The highest BCUT2D eigenvalue weighted by atomic mass is 16.6. The molecule has 0 saturated carbocycles. The Bertz CT molecular complexity index is 1310. The second-order valence-electron chi connectivity index (χ2n) is 9.32. The standard InChI is InChI=1S/C27H35N9O5/c1-28-16-20(27(37)33-38)17-30-18-34(3)7-8-35(4)25-23(29-2)26(36-9-11-39-12-10-36)32-24(31-25)19-5-6-21-22(15-19)41-14-13-40-21/h5-6,15-17,38H,1-2,7-14,18H2,3-4H3,(H,33,37)/b20-16+,30-17-. The molecule has 14 nitrogen and oxygen atoms in total. The average Bonchev–Trinajstić information content (AvgIpc) is 3.02. The molecule has 4 rings (SSSR count). The van der Waals surface area contributed by atoms with Crippen LogP contribution in [0.5, 0.6) is 11.5 Å². The Morgan fingerprint density at radius 3 is 2.59 bits per heavy atom. The minimum atomic E-state index is -0.721. The lowest BCUT2D eigenvalue weighted by molar-refractivity contribution is -0.124. The van der Waals surface area contributed by atoms with Gasteiger partial charge in [-0.25, -0.2) is 15.4 Å². The number of carbonyl (C=O) groups is 1. The van der Waals surface area contributed by atoms with Crippen LogP contribution in [0.2, 0.25) is 0 Å². The summed E-state index contributed by atoms with van der Waals surface area (Å²) in [5.74, 6) is 2.50. The van der Waals surface area contributed by atoms with Crippen molar-refractivity contribution in [2.75, 3.05) is 83.2 Å². The van der Waals surface area contributed by atoms with Gasteiger partial charge in [-0.05, 0) is 38.7 Å². The van der Waals surface area contributed by atoms with Crippen molar-refractivity contribution in [1.82, 2.24) is 20.3 Å². The van der Waals surface area contributed by atoms with E-state index in [9.17, 15) is 4.79 Å². The van der Waals surface area contributed by atoms with Gasteiger partial charge in [0.2, 0.25) is 0 Å². The van der Waals surface area contributed by atoms with Crippen LogP contribution in [0.15, 0.2) is 44.9 Å². The van der Waals surface area contributed by atoms with E-state index in [1.165, 1.54) is 12.4 Å². The van der Waals surface area contributed by atoms with E-state index in [0.29, 0.717) is 93.9 Å². The Morgan fingerprint density at radius 2 is 1.88 bits per heavy atom. The number of nitrogens with zero attached hydrogens (tertiary/aromatic N) is 8. The van der Waals surface area contributed by atoms with Crippen molar-refractivity contribution >= 4 is 42.9 Å². The maximum Gasteiger partial charge on any atom is 0.277 e. The lowest BCUT2D eigenvalue weighted by Gasteiger charge is -2.31. The van der Waals surface area contributed by atoms with E-state index in [1.807, 2.05) is 42.1 Å². The van der Waals surface area contributed by atoms with Gasteiger partial charge in [0, 0.05) is 51.2 Å². The Labute approximate surface area is 238 Å². The average molecular weight is 566 g/mol. The number of rotatable bonds is 12. The van der Waals surface area contributed by atoms with E-state index in [-0.39, 0.29) is 5.57 Å². The van der Waals surface area contributed by atoms with E-state index in [0.717, 1.165) is 5.56 Å². The Balaban J connectivity index is 1.56. The highest BCUT2D eigenvalue weighted by molar-refractivity contribution is 6.11. The molecule has 2 N–H and O–H groups in total. The summed E-state index contributed by atoms with van der Waals surface area (Å²) in [7, 11) is 3.84. The quantitative estimate of drug-likeness (QED) is 0.168. The summed E-state index contributed by atoms with van der Waals surface area (Å²) >= 11 is 0. The smallest absolute Gasteiger partial charge is 0.277 e. The number of benzene rings is 1. The Morgan fingerprint density at radius 1 is 1.12 bits per heavy atom. The predicted molar refractivity (Wildman–Crippen MR) is 158 cm³/mol. The number of nitrogens with one attached hydrogen (secondary N) is 1. The normalized spacial score (nSPS) is 15.2. The van der Waals surface area contributed by atoms with Gasteiger partial charge in [-0.1, -0.05) is 0 Å². The number of likely N-dealkylation sites (N-methyl/N-ethyl adjacent to an activating group) is 2. The molecule has 1 fully saturated rings. The van der Waals surface area contributed by atoms with Gasteiger partial charge in [-0.3, -0.25) is 29.9 Å². The number of hydrogen-bond acceptors (Lipinski definition) is 13. The zero-order chi connectivity index (χ0) is 29.2. The van der Waals surface area contributed by atoms with Crippen molar-refractivity contribution in [3.05, 3.63) is 30.0 Å². The molecule has 0 atom stereocenters. The molecule has 1 aromatic heterocycles. The number of hydroxylamine groups is 1. The molecule has 0 spiro atoms. The van der Waals surface area contributed by atoms with Crippen molar-refractivity contribution in [2.45, 2.75) is 0 Å². The van der Waals surface area contributed by atoms with Gasteiger partial charge >= 0.3 is 0 Å². The molecule has 41 heavy (non-hydrogen) atoms. The minimum absolute atomic E-state index is 0.0815. The maximum atomic E-state index is 11.7. The van der Waals surface area contributed by atoms with E-state index in [4.69, 9.17) is 29.4 Å². The first-order valence-corrected chi connectivity index (χ1v) is 13.1. The molecule has 0 bridgehead atoms. The fourth-order valence-electron chi connectivity index (χ4n) is 4.24. The molecule has 2 aliphatic rings. The lowest BCUT2D eigenvalue weighted by atomic mass is 10.1. The molecule has 0 aliphatic carbocycles. The third-order valence-electron chi connectivity index (χ3n) is 6.44. The molecule has 0 radical (unpaired) electrons. The predicted octanol–water partition coefficient (Wildman–Crippen LogP) is 1.57. The van der Waals surface area contributed by atoms with Crippen LogP contribution in [0, 0.1) is 0 Å². The van der Waals surface area contributed by atoms with Crippen molar-refractivity contribution in [3.8, 4) is 22.9 Å². The van der Waals surface area contributed by atoms with Gasteiger partial charge in [0.25, 0.3) is 5.91 Å². The van der Waals surface area contributed by atoms with Crippen molar-refractivity contribution in [2.24, 2.45) is 15.0 Å². The van der Waals surface area contributed by atoms with Gasteiger partial charge < -0.3 is 24.0 Å². The Kier molecular flexibility index (Phi) is 10.3. The van der Waals surface area contributed by atoms with Crippen LogP contribution in [0.1, 0.15) is 0 Å². The first kappa shape index (κ1) is 29.6. The van der Waals surface area contributed by atoms with Crippen molar-refractivity contribution < 1.29 is 24.2 Å². The first-order valence-electron chi connectivity index (χ1n) is 13.1. The molecule has 2 aromatic rings. The highest BCUT2D eigenvalue weighted by Gasteiger charge is 2.24. The summed E-state index contributed by atoms with van der Waals surface area (Å²) in [4.78, 5) is 39.8. The number of aromatic nitrogens is 2. The number of hydrogen-bond donors (Lipinski definition) is 2. The third-order valence-corrected chi connectivity index (χ3v) is 6.44. The molecular formula is C27H35N9O5. The number of carbonyl (C=O) groups excluding carboxylic acids is 1. The zero-order valence-electron chi connectivity index (χ0n) is 23.3. The summed E-state index contributed by atoms with van der Waals surface area (Å²) in [6.07, 6.45) is 2.55. The number of anilines is 2. The first-order chi connectivity index (χ1) is 19.9. The fraction of sp³-hybridized carbons (Fsp3) is 0.407. The molecule has 1 saturated heterocycles. The summed E-state index contributed by atoms with van der Waals surface area (Å²) in [5, 5.41) is 8.86. The number of ether oxygens (including phenoxy) is 3. The number of fused-ring (bicyclic) bond motifs is 1. The van der Waals surface area contributed by atoms with Crippen LogP contribution < -0.4 is 24.8 Å². The van der Waals surface area contributed by atoms with Crippen LogP contribution in [-0.4, -0.2) is 119 Å². The zero-order valence-corrected chi connectivity index (χ0v) is 23.3. The van der Waals surface area contributed by atoms with Gasteiger partial charge in [0.05, 0.1) is 25.5 Å². The van der Waals surface area contributed by atoms with Gasteiger partial charge in [-0.2, -0.15) is 0 Å². The van der Waals surface area contributed by atoms with E-state index in [2.05, 4.69) is 33.3 Å². The summed E-state index contributed by atoms with van der Waals surface area (Å²) < 4.78 is 17.0. The SMILES string of the molecule is C=N/C=C(\C=N/CN(C)CCN(C)c1nc(-c2ccc3c(c2)OCCO3)nc(N2CCOCC2)c1N=C)C(=O)NO. The third kappa shape index (κ3) is 7.42. The highest BCUT2D eigenvalue weighted by Crippen LogP contribution is 2.39. The monoisotopic (exact) mass is 565 g/mol. The van der Waals surface area contributed by atoms with Gasteiger partial charge in [0.15, 0.2) is 29.0 Å². The molecule has 2 aliphatic heterocycles. The van der Waals surface area contributed by atoms with Crippen LogP contribution in [0.4, 0.5) is 17.3 Å². The number of morpholine rings is 1. The summed E-state index contributed by atoms with van der Waals surface area (Å²) in [6.45, 7) is 12.2.